The summed E-state index contributed by atoms with van der Waals surface area (Å²) in [5.41, 5.74) is 0.345. The third-order valence-electron chi connectivity index (χ3n) is 4.36. The van der Waals surface area contributed by atoms with Gasteiger partial charge in [0.1, 0.15) is 0 Å². The second kappa shape index (κ2) is 2.49. The molecule has 2 heterocycles. The molecule has 72 valence electrons. The molecule has 0 aromatic heterocycles. The minimum absolute atomic E-state index is 0.345. The van der Waals surface area contributed by atoms with E-state index in [1.807, 2.05) is 0 Å². The minimum Gasteiger partial charge on any atom is -0.337 e. The molecule has 3 fully saturated rings. The van der Waals surface area contributed by atoms with Crippen molar-refractivity contribution in [2.75, 3.05) is 6.54 Å². The summed E-state index contributed by atoms with van der Waals surface area (Å²) in [6.07, 6.45) is 8.63. The van der Waals surface area contributed by atoms with E-state index < -0.39 is 0 Å². The molecule has 3 rings (SSSR count). The Labute approximate surface area is 79.3 Å². The Morgan fingerprint density at radius 1 is 1.31 bits per heavy atom. The van der Waals surface area contributed by atoms with E-state index in [0.717, 1.165) is 25.3 Å². The number of hydrogen-bond donors (Lipinski definition) is 0. The van der Waals surface area contributed by atoms with Crippen molar-refractivity contribution in [3.05, 3.63) is 0 Å². The number of amides is 1. The van der Waals surface area contributed by atoms with Crippen LogP contribution in [0.3, 0.4) is 0 Å². The first-order chi connectivity index (χ1) is 6.30. The van der Waals surface area contributed by atoms with Gasteiger partial charge in [-0.2, -0.15) is 0 Å². The first kappa shape index (κ1) is 7.84. The molecule has 0 aromatic rings. The second-order valence-corrected chi connectivity index (χ2v) is 5.02. The van der Waals surface area contributed by atoms with E-state index in [4.69, 9.17) is 0 Å². The number of carbonyl (C=O) groups is 1. The van der Waals surface area contributed by atoms with Crippen LogP contribution in [0.4, 0.5) is 0 Å². The monoisotopic (exact) mass is 179 g/mol. The van der Waals surface area contributed by atoms with Crippen LogP contribution in [0.5, 0.6) is 0 Å². The van der Waals surface area contributed by atoms with Crippen LogP contribution in [0.1, 0.15) is 44.9 Å². The average molecular weight is 179 g/mol. The van der Waals surface area contributed by atoms with Crippen molar-refractivity contribution < 1.29 is 4.79 Å². The van der Waals surface area contributed by atoms with Crippen LogP contribution in [-0.4, -0.2) is 22.9 Å². The summed E-state index contributed by atoms with van der Waals surface area (Å²) in [6.45, 7) is 1.06. The van der Waals surface area contributed by atoms with E-state index >= 15 is 0 Å². The molecule has 1 aliphatic carbocycles. The molecule has 0 aromatic carbocycles. The lowest BCUT2D eigenvalue weighted by molar-refractivity contribution is -0.135. The van der Waals surface area contributed by atoms with Gasteiger partial charge in [0.05, 0.1) is 0 Å². The molecule has 3 aliphatic rings. The SMILES string of the molecule is O=C1CC[C@@]23CCC[C@@H](CCN12)C3. The lowest BCUT2D eigenvalue weighted by atomic mass is 9.70. The van der Waals surface area contributed by atoms with Crippen LogP contribution >= 0.6 is 0 Å². The van der Waals surface area contributed by atoms with Crippen molar-refractivity contribution in [2.24, 2.45) is 5.92 Å². The maximum absolute atomic E-state index is 11.6. The smallest absolute Gasteiger partial charge is 0.223 e. The van der Waals surface area contributed by atoms with Gasteiger partial charge in [-0.15, -0.1) is 0 Å². The minimum atomic E-state index is 0.345. The van der Waals surface area contributed by atoms with E-state index in [-0.39, 0.29) is 0 Å². The van der Waals surface area contributed by atoms with Crippen LogP contribution in [0.2, 0.25) is 0 Å². The average Bonchev–Trinajstić information content (AvgIpc) is 2.43. The summed E-state index contributed by atoms with van der Waals surface area (Å²) >= 11 is 0. The topological polar surface area (TPSA) is 20.3 Å². The summed E-state index contributed by atoms with van der Waals surface area (Å²) in [4.78, 5) is 13.8. The van der Waals surface area contributed by atoms with Gasteiger partial charge in [0.15, 0.2) is 0 Å². The molecule has 1 saturated carbocycles. The summed E-state index contributed by atoms with van der Waals surface area (Å²) in [5, 5.41) is 0. The summed E-state index contributed by atoms with van der Waals surface area (Å²) in [7, 11) is 0. The van der Waals surface area contributed by atoms with Gasteiger partial charge in [-0.1, -0.05) is 12.8 Å². The number of hydrogen-bond acceptors (Lipinski definition) is 1. The highest BCUT2D eigenvalue weighted by molar-refractivity contribution is 5.79. The molecule has 0 N–H and O–H groups in total. The fraction of sp³-hybridized carbons (Fsp3) is 0.909. The predicted octanol–water partition coefficient (Wildman–Crippen LogP) is 1.94. The van der Waals surface area contributed by atoms with Gasteiger partial charge in [0.25, 0.3) is 0 Å². The standard InChI is InChI=1S/C11H17NO/c13-10-3-6-11-5-1-2-9(8-11)4-7-12(10)11/h9H,1-8H2/t9-,11+/m0/s1. The molecule has 2 saturated heterocycles. The van der Waals surface area contributed by atoms with Crippen molar-refractivity contribution in [2.45, 2.75) is 50.5 Å². The van der Waals surface area contributed by atoms with Crippen LogP contribution in [0, 0.1) is 5.92 Å². The molecule has 2 bridgehead atoms. The third kappa shape index (κ3) is 0.976. The van der Waals surface area contributed by atoms with Gasteiger partial charge in [0.2, 0.25) is 5.91 Å². The Morgan fingerprint density at radius 2 is 2.23 bits per heavy atom. The van der Waals surface area contributed by atoms with Gasteiger partial charge in [-0.05, 0) is 31.6 Å². The van der Waals surface area contributed by atoms with Crippen LogP contribution in [0.15, 0.2) is 0 Å². The quantitative estimate of drug-likeness (QED) is 0.556. The second-order valence-electron chi connectivity index (χ2n) is 5.02. The first-order valence-electron chi connectivity index (χ1n) is 5.61. The molecular formula is C11H17NO. The van der Waals surface area contributed by atoms with E-state index in [9.17, 15) is 4.79 Å². The summed E-state index contributed by atoms with van der Waals surface area (Å²) in [6, 6.07) is 0. The van der Waals surface area contributed by atoms with Crippen molar-refractivity contribution in [1.82, 2.24) is 4.90 Å². The van der Waals surface area contributed by atoms with Gasteiger partial charge in [-0.25, -0.2) is 0 Å². The lowest BCUT2D eigenvalue weighted by Gasteiger charge is -2.49. The molecule has 0 radical (unpaired) electrons. The molecular weight excluding hydrogens is 162 g/mol. The number of carbonyl (C=O) groups excluding carboxylic acids is 1. The fourth-order valence-corrected chi connectivity index (χ4v) is 3.73. The Balaban J connectivity index is 1.93. The first-order valence-corrected chi connectivity index (χ1v) is 5.61. The largest absolute Gasteiger partial charge is 0.337 e. The molecule has 1 spiro atoms. The molecule has 2 nitrogen and oxygen atoms in total. The Bertz CT molecular complexity index is 250. The Kier molecular flexibility index (Phi) is 1.50. The highest BCUT2D eigenvalue weighted by Crippen LogP contribution is 2.48. The zero-order valence-electron chi connectivity index (χ0n) is 8.09. The highest BCUT2D eigenvalue weighted by atomic mass is 16.2. The number of piperidine rings is 1. The molecule has 1 amide bonds. The zero-order chi connectivity index (χ0) is 8.89. The van der Waals surface area contributed by atoms with Gasteiger partial charge >= 0.3 is 0 Å². The third-order valence-corrected chi connectivity index (χ3v) is 4.36. The molecule has 2 atom stereocenters. The van der Waals surface area contributed by atoms with Crippen LogP contribution < -0.4 is 0 Å². The van der Waals surface area contributed by atoms with E-state index in [1.165, 1.54) is 32.1 Å². The number of rotatable bonds is 0. The Hall–Kier alpha value is -0.530. The maximum atomic E-state index is 11.6. The molecule has 2 heteroatoms. The molecule has 13 heavy (non-hydrogen) atoms. The normalized spacial score (nSPS) is 43.5. The van der Waals surface area contributed by atoms with Crippen molar-refractivity contribution in [1.29, 1.82) is 0 Å². The van der Waals surface area contributed by atoms with Crippen molar-refractivity contribution in [3.63, 3.8) is 0 Å². The molecule has 2 aliphatic heterocycles. The number of fused-ring (bicyclic) bond motifs is 1. The summed E-state index contributed by atoms with van der Waals surface area (Å²) < 4.78 is 0. The van der Waals surface area contributed by atoms with Crippen LogP contribution in [0.25, 0.3) is 0 Å². The fourth-order valence-electron chi connectivity index (χ4n) is 3.73. The summed E-state index contributed by atoms with van der Waals surface area (Å²) in [5.74, 6) is 1.37. The molecule has 0 unspecified atom stereocenters. The van der Waals surface area contributed by atoms with E-state index in [2.05, 4.69) is 4.90 Å². The maximum Gasteiger partial charge on any atom is 0.223 e. The van der Waals surface area contributed by atoms with E-state index in [0.29, 0.717) is 11.4 Å². The highest BCUT2D eigenvalue weighted by Gasteiger charge is 2.50. The Morgan fingerprint density at radius 3 is 3.15 bits per heavy atom. The van der Waals surface area contributed by atoms with Gasteiger partial charge in [-0.3, -0.25) is 4.79 Å². The van der Waals surface area contributed by atoms with Gasteiger partial charge < -0.3 is 4.90 Å². The predicted molar refractivity (Wildman–Crippen MR) is 50.3 cm³/mol. The van der Waals surface area contributed by atoms with Crippen molar-refractivity contribution in [3.8, 4) is 0 Å². The zero-order valence-corrected chi connectivity index (χ0v) is 8.09. The number of nitrogens with zero attached hydrogens (tertiary/aromatic N) is 1. The lowest BCUT2D eigenvalue weighted by Crippen LogP contribution is -2.53. The van der Waals surface area contributed by atoms with Crippen molar-refractivity contribution >= 4 is 5.91 Å². The van der Waals surface area contributed by atoms with Gasteiger partial charge in [0, 0.05) is 18.5 Å². The van der Waals surface area contributed by atoms with Crippen LogP contribution in [-0.2, 0) is 4.79 Å². The van der Waals surface area contributed by atoms with E-state index in [1.54, 1.807) is 0 Å².